The average molecular weight is 297 g/mol. The first kappa shape index (κ1) is 9.94. The molecule has 0 atom stereocenters. The lowest BCUT2D eigenvalue weighted by Gasteiger charge is -2.00. The summed E-state index contributed by atoms with van der Waals surface area (Å²) in [5.74, 6) is 0. The summed E-state index contributed by atoms with van der Waals surface area (Å²) < 4.78 is 27.9. The Morgan fingerprint density at radius 2 is 1.83 bits per heavy atom. The molecule has 1 aromatic carbocycles. The third kappa shape index (κ3) is 2.43. The Bertz CT molecular complexity index is 333. The van der Waals surface area contributed by atoms with Crippen LogP contribution in [0.5, 0.6) is 0 Å². The minimum Gasteiger partial charge on any atom is -0.249 e. The molecular formula is C7H6IO3S. The van der Waals surface area contributed by atoms with Crippen molar-refractivity contribution in [3.05, 3.63) is 34.9 Å². The van der Waals surface area contributed by atoms with Crippen molar-refractivity contribution in [3.63, 3.8) is 0 Å². The predicted octanol–water partition coefficient (Wildman–Crippen LogP) is 1.95. The van der Waals surface area contributed by atoms with Crippen molar-refractivity contribution in [3.8, 4) is 0 Å². The molecule has 1 aromatic rings. The third-order valence-corrected chi connectivity index (χ3v) is 2.99. The molecule has 0 unspecified atom stereocenters. The maximum Gasteiger partial charge on any atom is 0.298 e. The molecule has 0 amide bonds. The zero-order valence-corrected chi connectivity index (χ0v) is 8.95. The van der Waals surface area contributed by atoms with Gasteiger partial charge in [-0.25, -0.2) is 4.18 Å². The molecule has 1 rings (SSSR count). The number of rotatable bonds is 3. The second kappa shape index (κ2) is 4.20. The lowest BCUT2D eigenvalue weighted by molar-refractivity contribution is 0.433. The molecule has 0 aliphatic heterocycles. The molecule has 5 heteroatoms. The molecule has 0 N–H and O–H groups in total. The SMILES string of the molecule is O=S(=O)(O[CH]I)c1ccccc1. The Kier molecular flexibility index (Phi) is 3.48. The zero-order chi connectivity index (χ0) is 9.03. The van der Waals surface area contributed by atoms with Crippen molar-refractivity contribution in [1.82, 2.24) is 0 Å². The second-order valence-corrected chi connectivity index (χ2v) is 4.03. The molecule has 0 spiro atoms. The molecule has 3 nitrogen and oxygen atoms in total. The second-order valence-electron chi connectivity index (χ2n) is 1.95. The number of hydrogen-bond donors (Lipinski definition) is 0. The van der Waals surface area contributed by atoms with Crippen molar-refractivity contribution < 1.29 is 12.6 Å². The van der Waals surface area contributed by atoms with Gasteiger partial charge in [0.25, 0.3) is 10.1 Å². The van der Waals surface area contributed by atoms with Crippen LogP contribution in [0.1, 0.15) is 0 Å². The van der Waals surface area contributed by atoms with Gasteiger partial charge in [-0.15, -0.1) is 0 Å². The van der Waals surface area contributed by atoms with Crippen LogP contribution in [0.3, 0.4) is 0 Å². The molecule has 0 saturated heterocycles. The van der Waals surface area contributed by atoms with Gasteiger partial charge in [0.1, 0.15) is 0 Å². The Labute approximate surface area is 85.0 Å². The third-order valence-electron chi connectivity index (χ3n) is 1.19. The largest absolute Gasteiger partial charge is 0.298 e. The molecule has 0 heterocycles. The van der Waals surface area contributed by atoms with Crippen LogP contribution < -0.4 is 0 Å². The standard InChI is InChI=1S/C7H6IO3S/c8-6-11-12(9,10)7-4-2-1-3-5-7/h1-6H. The normalized spacial score (nSPS) is 11.4. The van der Waals surface area contributed by atoms with Gasteiger partial charge in [-0.1, -0.05) is 18.2 Å². The Hall–Kier alpha value is -0.140. The summed E-state index contributed by atoms with van der Waals surface area (Å²) in [5.41, 5.74) is 0. The van der Waals surface area contributed by atoms with E-state index in [0.29, 0.717) is 0 Å². The first-order valence-corrected chi connectivity index (χ1v) is 5.72. The fourth-order valence-electron chi connectivity index (χ4n) is 0.691. The first-order chi connectivity index (χ1) is 5.67. The summed E-state index contributed by atoms with van der Waals surface area (Å²) in [6.07, 6.45) is 0. The molecule has 0 bridgehead atoms. The van der Waals surface area contributed by atoms with E-state index in [2.05, 4.69) is 4.18 Å². The van der Waals surface area contributed by atoms with E-state index in [4.69, 9.17) is 0 Å². The molecule has 0 fully saturated rings. The minimum atomic E-state index is -3.57. The van der Waals surface area contributed by atoms with Crippen LogP contribution in [0.25, 0.3) is 0 Å². The van der Waals surface area contributed by atoms with Crippen LogP contribution in [0.4, 0.5) is 0 Å². The van der Waals surface area contributed by atoms with Crippen LogP contribution in [0, 0.1) is 4.61 Å². The highest BCUT2D eigenvalue weighted by Gasteiger charge is 2.12. The van der Waals surface area contributed by atoms with Crippen molar-refractivity contribution in [1.29, 1.82) is 0 Å². The van der Waals surface area contributed by atoms with Gasteiger partial charge in [0.05, 0.1) is 4.90 Å². The summed E-state index contributed by atoms with van der Waals surface area (Å²) in [6.45, 7) is 0. The molecule has 0 aliphatic carbocycles. The highest BCUT2D eigenvalue weighted by Crippen LogP contribution is 2.13. The maximum atomic E-state index is 11.2. The number of hydrogen-bond acceptors (Lipinski definition) is 3. The fourth-order valence-corrected chi connectivity index (χ4v) is 2.21. The van der Waals surface area contributed by atoms with E-state index in [0.717, 1.165) is 4.61 Å². The lowest BCUT2D eigenvalue weighted by Crippen LogP contribution is -2.01. The van der Waals surface area contributed by atoms with E-state index in [-0.39, 0.29) is 4.90 Å². The Morgan fingerprint density at radius 3 is 2.33 bits per heavy atom. The lowest BCUT2D eigenvalue weighted by atomic mass is 10.4. The van der Waals surface area contributed by atoms with E-state index in [1.54, 1.807) is 40.8 Å². The van der Waals surface area contributed by atoms with Crippen LogP contribution in [0.15, 0.2) is 35.2 Å². The molecule has 0 aromatic heterocycles. The summed E-state index contributed by atoms with van der Waals surface area (Å²) in [7, 11) is -3.57. The van der Waals surface area contributed by atoms with Gasteiger partial charge in [-0.3, -0.25) is 0 Å². The van der Waals surface area contributed by atoms with Gasteiger partial charge >= 0.3 is 0 Å². The predicted molar refractivity (Wildman–Crippen MR) is 53.0 cm³/mol. The van der Waals surface area contributed by atoms with Crippen LogP contribution in [-0.4, -0.2) is 8.42 Å². The van der Waals surface area contributed by atoms with Crippen LogP contribution in [-0.2, 0) is 14.3 Å². The molecule has 65 valence electrons. The van der Waals surface area contributed by atoms with Crippen molar-refractivity contribution in [2.45, 2.75) is 4.90 Å². The van der Waals surface area contributed by atoms with Crippen LogP contribution >= 0.6 is 22.6 Å². The van der Waals surface area contributed by atoms with E-state index in [1.807, 2.05) is 0 Å². The highest BCUT2D eigenvalue weighted by atomic mass is 127. The maximum absolute atomic E-state index is 11.2. The minimum absolute atomic E-state index is 0.165. The van der Waals surface area contributed by atoms with Gasteiger partial charge in [0.2, 0.25) is 0 Å². The van der Waals surface area contributed by atoms with Crippen molar-refractivity contribution in [2.75, 3.05) is 0 Å². The molecular weight excluding hydrogens is 291 g/mol. The average Bonchev–Trinajstić information content (AvgIpc) is 2.06. The van der Waals surface area contributed by atoms with E-state index < -0.39 is 10.1 Å². The molecule has 1 radical (unpaired) electrons. The monoisotopic (exact) mass is 297 g/mol. The topological polar surface area (TPSA) is 43.4 Å². The quantitative estimate of drug-likeness (QED) is 0.632. The van der Waals surface area contributed by atoms with Crippen LogP contribution in [0.2, 0.25) is 0 Å². The summed E-state index contributed by atoms with van der Waals surface area (Å²) >= 11 is 1.71. The van der Waals surface area contributed by atoms with Gasteiger partial charge in [0.15, 0.2) is 4.61 Å². The summed E-state index contributed by atoms with van der Waals surface area (Å²) in [4.78, 5) is 0.165. The molecule has 0 aliphatic rings. The number of halogens is 1. The van der Waals surface area contributed by atoms with Gasteiger partial charge in [-0.05, 0) is 34.7 Å². The summed E-state index contributed by atoms with van der Waals surface area (Å²) in [6, 6.07) is 7.99. The van der Waals surface area contributed by atoms with E-state index in [1.165, 1.54) is 12.1 Å². The highest BCUT2D eigenvalue weighted by molar-refractivity contribution is 14.1. The Morgan fingerprint density at radius 1 is 1.25 bits per heavy atom. The van der Waals surface area contributed by atoms with Gasteiger partial charge in [-0.2, -0.15) is 8.42 Å². The van der Waals surface area contributed by atoms with Crippen molar-refractivity contribution >= 4 is 32.7 Å². The van der Waals surface area contributed by atoms with E-state index in [9.17, 15) is 8.42 Å². The Balaban J connectivity index is 2.99. The number of benzene rings is 1. The fraction of sp³-hybridized carbons (Fsp3) is 0. The first-order valence-electron chi connectivity index (χ1n) is 3.07. The molecule has 12 heavy (non-hydrogen) atoms. The smallest absolute Gasteiger partial charge is 0.249 e. The molecule has 0 saturated carbocycles. The van der Waals surface area contributed by atoms with Gasteiger partial charge in [0, 0.05) is 0 Å². The zero-order valence-electron chi connectivity index (χ0n) is 5.98. The van der Waals surface area contributed by atoms with E-state index >= 15 is 0 Å². The van der Waals surface area contributed by atoms with Gasteiger partial charge < -0.3 is 0 Å². The summed E-state index contributed by atoms with van der Waals surface area (Å²) in [5, 5.41) is 0. The van der Waals surface area contributed by atoms with Crippen molar-refractivity contribution in [2.24, 2.45) is 0 Å².